The lowest BCUT2D eigenvalue weighted by atomic mass is 9.82. The van der Waals surface area contributed by atoms with Crippen molar-refractivity contribution in [3.05, 3.63) is 59.6 Å². The van der Waals surface area contributed by atoms with Gasteiger partial charge in [-0.2, -0.15) is 4.31 Å². The minimum Gasteiger partial charge on any atom is -0.477 e. The molecule has 3 fully saturated rings. The summed E-state index contributed by atoms with van der Waals surface area (Å²) < 4.78 is 29.1. The van der Waals surface area contributed by atoms with Gasteiger partial charge in [0.15, 0.2) is 0 Å². The zero-order valence-electron chi connectivity index (χ0n) is 24.4. The summed E-state index contributed by atoms with van der Waals surface area (Å²) in [6.45, 7) is 2.82. The van der Waals surface area contributed by atoms with Crippen LogP contribution in [0.1, 0.15) is 68.0 Å². The Bertz CT molecular complexity index is 1570. The molecule has 2 atom stereocenters. The largest absolute Gasteiger partial charge is 0.477 e. The van der Waals surface area contributed by atoms with Crippen molar-refractivity contribution in [2.45, 2.75) is 75.3 Å². The molecule has 1 amide bonds. The average Bonchev–Trinajstić information content (AvgIpc) is 3.70. The number of thiophene rings is 1. The van der Waals surface area contributed by atoms with Gasteiger partial charge in [0, 0.05) is 30.2 Å². The van der Waals surface area contributed by atoms with Crippen LogP contribution in [0.4, 0.5) is 11.5 Å². The summed E-state index contributed by atoms with van der Waals surface area (Å²) in [6.07, 6.45) is 9.46. The molecule has 1 aromatic carbocycles. The molecular formula is C32H38N4O5S2. The van der Waals surface area contributed by atoms with Gasteiger partial charge in [-0.15, -0.1) is 11.3 Å². The predicted octanol–water partition coefficient (Wildman–Crippen LogP) is 5.87. The van der Waals surface area contributed by atoms with E-state index in [-0.39, 0.29) is 28.8 Å². The maximum absolute atomic E-state index is 14.0. The van der Waals surface area contributed by atoms with Gasteiger partial charge in [-0.05, 0) is 61.8 Å². The summed E-state index contributed by atoms with van der Waals surface area (Å²) in [6, 6.07) is 14.6. The second-order valence-corrected chi connectivity index (χ2v) is 14.8. The number of carbonyl (C=O) groups excluding carboxylic acids is 1. The number of hydrogen-bond donors (Lipinski definition) is 1. The maximum Gasteiger partial charge on any atom is 0.348 e. The summed E-state index contributed by atoms with van der Waals surface area (Å²) in [5, 5.41) is 10.2. The fourth-order valence-corrected chi connectivity index (χ4v) is 9.35. The number of aromatic nitrogens is 1. The molecule has 1 aliphatic carbocycles. The van der Waals surface area contributed by atoms with Crippen molar-refractivity contribution in [1.29, 1.82) is 0 Å². The zero-order valence-corrected chi connectivity index (χ0v) is 26.0. The van der Waals surface area contributed by atoms with E-state index in [1.807, 2.05) is 30.3 Å². The lowest BCUT2D eigenvalue weighted by Gasteiger charge is -2.44. The van der Waals surface area contributed by atoms with Gasteiger partial charge in [-0.3, -0.25) is 4.79 Å². The summed E-state index contributed by atoms with van der Waals surface area (Å²) in [5.74, 6) is -0.657. The number of amides is 1. The third-order valence-electron chi connectivity index (χ3n) is 9.22. The molecule has 2 aromatic heterocycles. The number of nitrogens with zero attached hydrogens (tertiary/aromatic N) is 4. The first-order valence-corrected chi connectivity index (χ1v) is 17.5. The number of piperazine rings is 1. The van der Waals surface area contributed by atoms with E-state index >= 15 is 0 Å². The Morgan fingerprint density at radius 3 is 2.49 bits per heavy atom. The average molecular weight is 623 g/mol. The summed E-state index contributed by atoms with van der Waals surface area (Å²) >= 11 is 1.14. The number of carboxylic acids is 1. The van der Waals surface area contributed by atoms with Crippen LogP contribution in [0, 0.1) is 5.92 Å². The highest BCUT2D eigenvalue weighted by molar-refractivity contribution is 7.89. The van der Waals surface area contributed by atoms with Gasteiger partial charge in [0.25, 0.3) is 0 Å². The van der Waals surface area contributed by atoms with E-state index < -0.39 is 27.9 Å². The summed E-state index contributed by atoms with van der Waals surface area (Å²) in [5.41, 5.74) is 1.23. The highest BCUT2D eigenvalue weighted by Crippen LogP contribution is 2.42. The van der Waals surface area contributed by atoms with Gasteiger partial charge in [-0.25, -0.2) is 18.2 Å². The number of rotatable bonds is 8. The van der Waals surface area contributed by atoms with E-state index in [1.165, 1.54) is 10.5 Å². The Hall–Kier alpha value is -3.28. The molecule has 228 valence electrons. The fraction of sp³-hybridized carbons (Fsp3) is 0.469. The van der Waals surface area contributed by atoms with Crippen LogP contribution < -0.4 is 9.80 Å². The van der Waals surface area contributed by atoms with Crippen LogP contribution in [0.5, 0.6) is 0 Å². The van der Waals surface area contributed by atoms with Crippen LogP contribution in [0.15, 0.2) is 59.6 Å². The van der Waals surface area contributed by atoms with Crippen molar-refractivity contribution in [1.82, 2.24) is 9.29 Å². The van der Waals surface area contributed by atoms with Gasteiger partial charge < -0.3 is 14.9 Å². The molecule has 1 N–H and O–H groups in total. The van der Waals surface area contributed by atoms with Crippen molar-refractivity contribution >= 4 is 44.7 Å². The molecule has 0 spiro atoms. The molecule has 3 aromatic rings. The molecule has 1 unspecified atom stereocenters. The molecular weight excluding hydrogens is 585 g/mol. The number of carbonyl (C=O) groups is 2. The molecule has 43 heavy (non-hydrogen) atoms. The van der Waals surface area contributed by atoms with E-state index in [9.17, 15) is 23.1 Å². The molecule has 3 aliphatic rings. The zero-order chi connectivity index (χ0) is 30.1. The van der Waals surface area contributed by atoms with Crippen molar-refractivity contribution in [3.63, 3.8) is 0 Å². The van der Waals surface area contributed by atoms with Crippen molar-refractivity contribution < 1.29 is 23.1 Å². The minimum absolute atomic E-state index is 0.0686. The number of aromatic carboxylic acids is 1. The SMILES string of the molecule is CC[C@@H]1CCCN1c1ccc(S(=O)(=O)N2CC(=O)N(c3cc(-c4ccccc4)sc3C(=O)O)C(C3CCCCC3)C2)cn1. The number of sulfonamides is 1. The van der Waals surface area contributed by atoms with Gasteiger partial charge >= 0.3 is 5.97 Å². The minimum atomic E-state index is -4.00. The van der Waals surface area contributed by atoms with E-state index in [0.29, 0.717) is 11.7 Å². The van der Waals surface area contributed by atoms with Crippen molar-refractivity contribution in [2.24, 2.45) is 5.92 Å². The smallest absolute Gasteiger partial charge is 0.348 e. The monoisotopic (exact) mass is 622 g/mol. The number of hydrogen-bond acceptors (Lipinski definition) is 7. The van der Waals surface area contributed by atoms with Crippen LogP contribution >= 0.6 is 11.3 Å². The van der Waals surface area contributed by atoms with Crippen LogP contribution in [0.25, 0.3) is 10.4 Å². The second kappa shape index (κ2) is 12.4. The van der Waals surface area contributed by atoms with E-state index in [4.69, 9.17) is 0 Å². The third kappa shape index (κ3) is 5.82. The molecule has 11 heteroatoms. The molecule has 4 heterocycles. The normalized spacial score (nSPS) is 22.3. The second-order valence-electron chi connectivity index (χ2n) is 11.8. The van der Waals surface area contributed by atoms with Gasteiger partial charge in [0.2, 0.25) is 15.9 Å². The molecule has 6 rings (SSSR count). The number of pyridine rings is 1. The highest BCUT2D eigenvalue weighted by atomic mass is 32.2. The van der Waals surface area contributed by atoms with Gasteiger partial charge in [0.1, 0.15) is 15.6 Å². The Balaban J connectivity index is 1.32. The predicted molar refractivity (Wildman–Crippen MR) is 168 cm³/mol. The molecule has 2 saturated heterocycles. The maximum atomic E-state index is 14.0. The van der Waals surface area contributed by atoms with Gasteiger partial charge in [0.05, 0.1) is 18.3 Å². The Labute approximate surface area is 257 Å². The highest BCUT2D eigenvalue weighted by Gasteiger charge is 2.44. The van der Waals surface area contributed by atoms with Crippen LogP contribution in [0.3, 0.4) is 0 Å². The summed E-state index contributed by atoms with van der Waals surface area (Å²) in [4.78, 5) is 35.7. The quantitative estimate of drug-likeness (QED) is 0.334. The molecule has 9 nitrogen and oxygen atoms in total. The lowest BCUT2D eigenvalue weighted by Crippen LogP contribution is -2.60. The van der Waals surface area contributed by atoms with Crippen molar-refractivity contribution in [2.75, 3.05) is 29.4 Å². The topological polar surface area (TPSA) is 111 Å². The third-order valence-corrected chi connectivity index (χ3v) is 12.2. The number of carboxylic acid groups (broad SMARTS) is 1. The lowest BCUT2D eigenvalue weighted by molar-refractivity contribution is -0.121. The van der Waals surface area contributed by atoms with E-state index in [2.05, 4.69) is 16.8 Å². The Morgan fingerprint density at radius 1 is 1.05 bits per heavy atom. The fourth-order valence-electron chi connectivity index (χ4n) is 7.01. The number of anilines is 2. The number of benzene rings is 1. The molecule has 1 saturated carbocycles. The summed E-state index contributed by atoms with van der Waals surface area (Å²) in [7, 11) is -4.00. The Kier molecular flexibility index (Phi) is 8.57. The molecule has 0 radical (unpaired) electrons. The molecule has 0 bridgehead atoms. The first-order chi connectivity index (χ1) is 20.8. The van der Waals surface area contributed by atoms with Crippen LogP contribution in [-0.2, 0) is 14.8 Å². The van der Waals surface area contributed by atoms with Crippen molar-refractivity contribution in [3.8, 4) is 10.4 Å². The van der Waals surface area contributed by atoms with Gasteiger partial charge in [-0.1, -0.05) is 56.5 Å². The first-order valence-electron chi connectivity index (χ1n) is 15.3. The van der Waals surface area contributed by atoms with Crippen LogP contribution in [0.2, 0.25) is 0 Å². The van der Waals surface area contributed by atoms with E-state index in [0.717, 1.165) is 85.5 Å². The standard InChI is InChI=1S/C32H38N4O5S2/c1-2-24-14-9-17-35(24)29-16-15-25(19-33-29)43(40,41)34-20-27(22-10-5-3-6-11-22)36(30(37)21-34)26-18-28(42-31(26)32(38)39)23-12-7-4-8-13-23/h4,7-8,12-13,15-16,18-19,22,24,27H,2-3,5-6,9-11,14,17,20-21H2,1H3,(H,38,39)/t24-,27?/m1/s1. The molecule has 2 aliphatic heterocycles. The first kappa shape index (κ1) is 29.8. The Morgan fingerprint density at radius 2 is 1.81 bits per heavy atom. The van der Waals surface area contributed by atoms with Crippen LogP contribution in [-0.4, -0.2) is 66.4 Å². The van der Waals surface area contributed by atoms with E-state index in [1.54, 1.807) is 23.1 Å².